The van der Waals surface area contributed by atoms with E-state index < -0.39 is 0 Å². The summed E-state index contributed by atoms with van der Waals surface area (Å²) in [6.45, 7) is 0. The fraction of sp³-hybridized carbons (Fsp3) is 0.444. The van der Waals surface area contributed by atoms with Crippen molar-refractivity contribution in [3.63, 3.8) is 0 Å². The highest BCUT2D eigenvalue weighted by atomic mass is 35.5. The standard InChI is InChI=1S/C9H14Cl2N4/c10-3-1-2-8(15-13)7-4-6(11)5-14-9(7)12/h4-5,8,15H,1-3,13H2,(H2,12,14). The summed E-state index contributed by atoms with van der Waals surface area (Å²) in [5.41, 5.74) is 9.24. The molecule has 0 fully saturated rings. The third-order valence-electron chi connectivity index (χ3n) is 2.12. The third-order valence-corrected chi connectivity index (χ3v) is 2.59. The summed E-state index contributed by atoms with van der Waals surface area (Å²) in [4.78, 5) is 3.97. The minimum absolute atomic E-state index is 0.0602. The monoisotopic (exact) mass is 248 g/mol. The fourth-order valence-electron chi connectivity index (χ4n) is 1.35. The van der Waals surface area contributed by atoms with Crippen molar-refractivity contribution in [3.05, 3.63) is 22.8 Å². The average Bonchev–Trinajstić information content (AvgIpc) is 2.24. The second kappa shape index (κ2) is 6.12. The SMILES string of the molecule is NNC(CCCCl)c1cc(Cl)cnc1N. The molecule has 0 aromatic carbocycles. The van der Waals surface area contributed by atoms with Gasteiger partial charge in [0.25, 0.3) is 0 Å². The molecule has 0 aliphatic carbocycles. The van der Waals surface area contributed by atoms with Crippen LogP contribution < -0.4 is 17.0 Å². The predicted octanol–water partition coefficient (Wildman–Crippen LogP) is 1.84. The molecule has 84 valence electrons. The zero-order valence-corrected chi connectivity index (χ0v) is 9.72. The topological polar surface area (TPSA) is 77.0 Å². The Kier molecular flexibility index (Phi) is 5.11. The maximum Gasteiger partial charge on any atom is 0.128 e. The van der Waals surface area contributed by atoms with Crippen molar-refractivity contribution in [1.29, 1.82) is 0 Å². The number of alkyl halides is 1. The largest absolute Gasteiger partial charge is 0.383 e. The lowest BCUT2D eigenvalue weighted by Gasteiger charge is -2.17. The van der Waals surface area contributed by atoms with Crippen molar-refractivity contribution >= 4 is 29.0 Å². The first-order chi connectivity index (χ1) is 7.19. The molecule has 4 nitrogen and oxygen atoms in total. The maximum atomic E-state index is 5.84. The van der Waals surface area contributed by atoms with Crippen LogP contribution >= 0.6 is 23.2 Å². The van der Waals surface area contributed by atoms with Crippen LogP contribution in [0.3, 0.4) is 0 Å². The molecule has 1 heterocycles. The van der Waals surface area contributed by atoms with E-state index in [-0.39, 0.29) is 6.04 Å². The van der Waals surface area contributed by atoms with Crippen LogP contribution in [0, 0.1) is 0 Å². The molecule has 0 saturated carbocycles. The van der Waals surface area contributed by atoms with Crippen molar-refractivity contribution in [1.82, 2.24) is 10.4 Å². The van der Waals surface area contributed by atoms with Gasteiger partial charge in [-0.25, -0.2) is 4.98 Å². The Bertz CT molecular complexity index is 319. The lowest BCUT2D eigenvalue weighted by molar-refractivity contribution is 0.511. The molecule has 0 aliphatic heterocycles. The molecule has 6 heteroatoms. The van der Waals surface area contributed by atoms with Crippen molar-refractivity contribution in [2.75, 3.05) is 11.6 Å². The van der Waals surface area contributed by atoms with Gasteiger partial charge in [-0.1, -0.05) is 11.6 Å². The van der Waals surface area contributed by atoms with Gasteiger partial charge in [-0.15, -0.1) is 11.6 Å². The molecular formula is C9H14Cl2N4. The zero-order chi connectivity index (χ0) is 11.3. The number of pyridine rings is 1. The van der Waals surface area contributed by atoms with Crippen LogP contribution in [0.5, 0.6) is 0 Å². The van der Waals surface area contributed by atoms with Crippen LogP contribution in [-0.2, 0) is 0 Å². The van der Waals surface area contributed by atoms with Crippen molar-refractivity contribution in [2.45, 2.75) is 18.9 Å². The first kappa shape index (κ1) is 12.5. The number of halogens is 2. The summed E-state index contributed by atoms with van der Waals surface area (Å²) in [6, 6.07) is 1.71. The molecule has 0 aliphatic rings. The van der Waals surface area contributed by atoms with Gasteiger partial charge >= 0.3 is 0 Å². The first-order valence-corrected chi connectivity index (χ1v) is 5.53. The van der Waals surface area contributed by atoms with Crippen molar-refractivity contribution < 1.29 is 0 Å². The molecule has 5 N–H and O–H groups in total. The molecule has 15 heavy (non-hydrogen) atoms. The van der Waals surface area contributed by atoms with E-state index in [1.807, 2.05) is 0 Å². The fourth-order valence-corrected chi connectivity index (χ4v) is 1.68. The Morgan fingerprint density at radius 1 is 1.53 bits per heavy atom. The maximum absolute atomic E-state index is 5.84. The Hall–Kier alpha value is -0.550. The zero-order valence-electron chi connectivity index (χ0n) is 8.21. The quantitative estimate of drug-likeness (QED) is 0.422. The number of anilines is 1. The van der Waals surface area contributed by atoms with E-state index in [0.29, 0.717) is 16.7 Å². The minimum Gasteiger partial charge on any atom is -0.383 e. The van der Waals surface area contributed by atoms with Crippen molar-refractivity contribution in [3.8, 4) is 0 Å². The van der Waals surface area contributed by atoms with E-state index in [0.717, 1.165) is 18.4 Å². The van der Waals surface area contributed by atoms with Gasteiger partial charge in [0.2, 0.25) is 0 Å². The highest BCUT2D eigenvalue weighted by Crippen LogP contribution is 2.24. The van der Waals surface area contributed by atoms with E-state index in [2.05, 4.69) is 10.4 Å². The van der Waals surface area contributed by atoms with Gasteiger partial charge in [-0.2, -0.15) is 0 Å². The Labute approximate surface area is 98.9 Å². The summed E-state index contributed by atoms with van der Waals surface area (Å²) < 4.78 is 0. The lowest BCUT2D eigenvalue weighted by Crippen LogP contribution is -2.29. The first-order valence-electron chi connectivity index (χ1n) is 4.62. The number of hydrogen-bond acceptors (Lipinski definition) is 4. The summed E-state index contributed by atoms with van der Waals surface area (Å²) >= 11 is 11.5. The molecule has 0 spiro atoms. The molecule has 0 saturated heterocycles. The number of aromatic nitrogens is 1. The van der Waals surface area contributed by atoms with Gasteiger partial charge in [0, 0.05) is 23.7 Å². The van der Waals surface area contributed by atoms with E-state index in [1.54, 1.807) is 6.07 Å². The Balaban J connectivity index is 2.85. The number of hydrogen-bond donors (Lipinski definition) is 3. The van der Waals surface area contributed by atoms with E-state index >= 15 is 0 Å². The van der Waals surface area contributed by atoms with Gasteiger partial charge in [0.1, 0.15) is 5.82 Å². The number of nitrogens with zero attached hydrogens (tertiary/aromatic N) is 1. The van der Waals surface area contributed by atoms with Gasteiger partial charge < -0.3 is 5.73 Å². The van der Waals surface area contributed by atoms with Crippen LogP contribution in [0.25, 0.3) is 0 Å². The normalized spacial score (nSPS) is 12.7. The smallest absolute Gasteiger partial charge is 0.128 e. The number of nitrogens with one attached hydrogen (secondary N) is 1. The molecule has 1 unspecified atom stereocenters. The molecule has 0 amide bonds. The number of nitrogens with two attached hydrogens (primary N) is 2. The molecule has 1 aromatic heterocycles. The predicted molar refractivity (Wildman–Crippen MR) is 63.7 cm³/mol. The average molecular weight is 249 g/mol. The minimum atomic E-state index is -0.0602. The van der Waals surface area contributed by atoms with E-state index in [4.69, 9.17) is 34.8 Å². The molecular weight excluding hydrogens is 235 g/mol. The van der Waals surface area contributed by atoms with Gasteiger partial charge in [-0.05, 0) is 18.9 Å². The van der Waals surface area contributed by atoms with Gasteiger partial charge in [0.05, 0.1) is 5.02 Å². The third kappa shape index (κ3) is 3.50. The van der Waals surface area contributed by atoms with Crippen LogP contribution in [0.4, 0.5) is 5.82 Å². The molecule has 0 radical (unpaired) electrons. The van der Waals surface area contributed by atoms with Crippen LogP contribution in [0.2, 0.25) is 5.02 Å². The number of nitrogen functional groups attached to an aromatic ring is 1. The highest BCUT2D eigenvalue weighted by molar-refractivity contribution is 6.30. The second-order valence-corrected chi connectivity index (χ2v) is 3.99. The Morgan fingerprint density at radius 2 is 2.27 bits per heavy atom. The van der Waals surface area contributed by atoms with E-state index in [1.165, 1.54) is 6.20 Å². The summed E-state index contributed by atoms with van der Waals surface area (Å²) in [6.07, 6.45) is 3.16. The summed E-state index contributed by atoms with van der Waals surface area (Å²) in [7, 11) is 0. The highest BCUT2D eigenvalue weighted by Gasteiger charge is 2.13. The summed E-state index contributed by atoms with van der Waals surface area (Å²) in [5, 5.41) is 0.547. The van der Waals surface area contributed by atoms with Crippen LogP contribution in [-0.4, -0.2) is 10.9 Å². The van der Waals surface area contributed by atoms with Crippen LogP contribution in [0.1, 0.15) is 24.4 Å². The summed E-state index contributed by atoms with van der Waals surface area (Å²) in [5.74, 6) is 6.48. The molecule has 1 atom stereocenters. The van der Waals surface area contributed by atoms with Crippen LogP contribution in [0.15, 0.2) is 12.3 Å². The van der Waals surface area contributed by atoms with Crippen molar-refractivity contribution in [2.24, 2.45) is 5.84 Å². The number of hydrazine groups is 1. The second-order valence-electron chi connectivity index (χ2n) is 3.18. The van der Waals surface area contributed by atoms with Gasteiger partial charge in [0.15, 0.2) is 0 Å². The lowest BCUT2D eigenvalue weighted by atomic mass is 10.0. The molecule has 1 aromatic rings. The number of rotatable bonds is 5. The van der Waals surface area contributed by atoms with Gasteiger partial charge in [-0.3, -0.25) is 11.3 Å². The Morgan fingerprint density at radius 3 is 2.87 bits per heavy atom. The molecule has 1 rings (SSSR count). The molecule has 0 bridgehead atoms. The van der Waals surface area contributed by atoms with E-state index in [9.17, 15) is 0 Å².